The molecule has 4 heteroatoms. The highest BCUT2D eigenvalue weighted by atomic mass is 16.2. The van der Waals surface area contributed by atoms with Crippen LogP contribution >= 0.6 is 0 Å². The molecule has 1 unspecified atom stereocenters. The molecule has 3 aromatic rings. The number of rotatable bonds is 5. The zero-order chi connectivity index (χ0) is 23.0. The molecular formula is C29H30N2O2. The zero-order valence-electron chi connectivity index (χ0n) is 19.4. The third-order valence-electron chi connectivity index (χ3n) is 7.35. The molecule has 0 N–H and O–H groups in total. The van der Waals surface area contributed by atoms with Gasteiger partial charge in [-0.25, -0.2) is 0 Å². The van der Waals surface area contributed by atoms with Crippen LogP contribution in [0.15, 0.2) is 72.8 Å². The first kappa shape index (κ1) is 21.7. The number of carbonyl (C=O) groups is 2. The number of Topliss-reactive ketones (excluding diaryl/α,β-unsaturated/α-hetero) is 2. The summed E-state index contributed by atoms with van der Waals surface area (Å²) < 4.78 is 0. The highest BCUT2D eigenvalue weighted by Gasteiger charge is 2.58. The van der Waals surface area contributed by atoms with E-state index < -0.39 is 5.54 Å². The summed E-state index contributed by atoms with van der Waals surface area (Å²) in [5.41, 5.74) is 4.30. The van der Waals surface area contributed by atoms with Crippen molar-refractivity contribution in [2.75, 3.05) is 26.2 Å². The predicted octanol–water partition coefficient (Wildman–Crippen LogP) is 4.65. The van der Waals surface area contributed by atoms with E-state index in [1.165, 1.54) is 11.1 Å². The van der Waals surface area contributed by atoms with Crippen LogP contribution in [0.3, 0.4) is 0 Å². The van der Waals surface area contributed by atoms with E-state index in [4.69, 9.17) is 0 Å². The van der Waals surface area contributed by atoms with Crippen molar-refractivity contribution in [3.63, 3.8) is 0 Å². The second kappa shape index (κ2) is 8.69. The van der Waals surface area contributed by atoms with E-state index in [1.807, 2.05) is 55.5 Å². The number of benzene rings is 3. The van der Waals surface area contributed by atoms with Gasteiger partial charge in [0.2, 0.25) is 0 Å². The van der Waals surface area contributed by atoms with Gasteiger partial charge in [-0.3, -0.25) is 19.4 Å². The van der Waals surface area contributed by atoms with Crippen molar-refractivity contribution in [1.29, 1.82) is 0 Å². The Balaban J connectivity index is 1.49. The summed E-state index contributed by atoms with van der Waals surface area (Å²) >= 11 is 0. The maximum absolute atomic E-state index is 14.1. The minimum atomic E-state index is -1.26. The number of hydrogen-bond donors (Lipinski definition) is 0. The molecule has 0 bridgehead atoms. The van der Waals surface area contributed by atoms with Gasteiger partial charge in [0.15, 0.2) is 17.1 Å². The standard InChI is InChI=1S/C29H30N2O2/c1-3-22-12-9-15-25-26(22)28(33)29(27(25)32,24-13-5-4-6-14-24)31-18-16-30(17-19-31)20-23-11-8-7-10-21(23)2/h4-15H,3,16-20H2,1-2H3. The number of ketones is 2. The summed E-state index contributed by atoms with van der Waals surface area (Å²) in [6.45, 7) is 8.07. The van der Waals surface area contributed by atoms with Crippen LogP contribution in [-0.4, -0.2) is 47.5 Å². The van der Waals surface area contributed by atoms with Crippen LogP contribution in [0.4, 0.5) is 0 Å². The molecule has 1 aliphatic heterocycles. The molecule has 0 aromatic heterocycles. The lowest BCUT2D eigenvalue weighted by molar-refractivity contribution is 0.0279. The van der Waals surface area contributed by atoms with E-state index in [0.717, 1.165) is 37.2 Å². The Kier molecular flexibility index (Phi) is 5.73. The van der Waals surface area contributed by atoms with E-state index >= 15 is 0 Å². The van der Waals surface area contributed by atoms with E-state index in [2.05, 4.69) is 41.0 Å². The Morgan fingerprint density at radius 3 is 2.12 bits per heavy atom. The normalized spacial score (nSPS) is 21.4. The van der Waals surface area contributed by atoms with E-state index in [-0.39, 0.29) is 11.6 Å². The third-order valence-corrected chi connectivity index (χ3v) is 7.35. The summed E-state index contributed by atoms with van der Waals surface area (Å²) in [7, 11) is 0. The van der Waals surface area contributed by atoms with Crippen molar-refractivity contribution >= 4 is 11.6 Å². The molecule has 2 aliphatic rings. The monoisotopic (exact) mass is 438 g/mol. The minimum absolute atomic E-state index is 0.0569. The van der Waals surface area contributed by atoms with Crippen LogP contribution in [-0.2, 0) is 18.5 Å². The first-order valence-electron chi connectivity index (χ1n) is 11.9. The maximum atomic E-state index is 14.1. The van der Waals surface area contributed by atoms with Gasteiger partial charge in [0.25, 0.3) is 0 Å². The van der Waals surface area contributed by atoms with Crippen molar-refractivity contribution in [2.24, 2.45) is 0 Å². The molecule has 1 fully saturated rings. The van der Waals surface area contributed by atoms with Crippen molar-refractivity contribution in [2.45, 2.75) is 32.4 Å². The fraction of sp³-hybridized carbons (Fsp3) is 0.310. The van der Waals surface area contributed by atoms with Gasteiger partial charge in [-0.2, -0.15) is 0 Å². The Bertz CT molecular complexity index is 1200. The lowest BCUT2D eigenvalue weighted by Gasteiger charge is -2.44. The first-order valence-corrected chi connectivity index (χ1v) is 11.9. The van der Waals surface area contributed by atoms with Crippen LogP contribution in [0.1, 0.15) is 49.9 Å². The van der Waals surface area contributed by atoms with Crippen molar-refractivity contribution in [3.05, 3.63) is 106 Å². The van der Waals surface area contributed by atoms with Crippen LogP contribution < -0.4 is 0 Å². The Morgan fingerprint density at radius 1 is 0.758 bits per heavy atom. The Hall–Kier alpha value is -3.08. The van der Waals surface area contributed by atoms with E-state index in [9.17, 15) is 9.59 Å². The summed E-state index contributed by atoms with van der Waals surface area (Å²) in [5, 5.41) is 0. The molecule has 0 amide bonds. The third kappa shape index (κ3) is 3.45. The maximum Gasteiger partial charge on any atom is 0.196 e. The van der Waals surface area contributed by atoms with Crippen molar-refractivity contribution in [1.82, 2.24) is 9.80 Å². The predicted molar refractivity (Wildman–Crippen MR) is 131 cm³/mol. The average molecular weight is 439 g/mol. The van der Waals surface area contributed by atoms with Gasteiger partial charge in [0, 0.05) is 43.9 Å². The molecule has 3 aromatic carbocycles. The van der Waals surface area contributed by atoms with Gasteiger partial charge in [-0.1, -0.05) is 79.7 Å². The summed E-state index contributed by atoms with van der Waals surface area (Å²) in [4.78, 5) is 32.8. The Morgan fingerprint density at radius 2 is 1.42 bits per heavy atom. The lowest BCUT2D eigenvalue weighted by Crippen LogP contribution is -2.60. The first-order chi connectivity index (χ1) is 16.1. The minimum Gasteiger partial charge on any atom is -0.297 e. The van der Waals surface area contributed by atoms with Gasteiger partial charge < -0.3 is 0 Å². The molecule has 0 radical (unpaired) electrons. The quantitative estimate of drug-likeness (QED) is 0.544. The fourth-order valence-electron chi connectivity index (χ4n) is 5.51. The highest BCUT2D eigenvalue weighted by molar-refractivity contribution is 6.33. The number of fused-ring (bicyclic) bond motifs is 1. The van der Waals surface area contributed by atoms with Crippen molar-refractivity contribution in [3.8, 4) is 0 Å². The molecule has 33 heavy (non-hydrogen) atoms. The molecule has 4 nitrogen and oxygen atoms in total. The number of aryl methyl sites for hydroxylation is 2. The van der Waals surface area contributed by atoms with E-state index in [1.54, 1.807) is 0 Å². The molecule has 0 saturated carbocycles. The largest absolute Gasteiger partial charge is 0.297 e. The number of piperazine rings is 1. The molecular weight excluding hydrogens is 408 g/mol. The fourth-order valence-corrected chi connectivity index (χ4v) is 5.51. The molecule has 0 spiro atoms. The summed E-state index contributed by atoms with van der Waals surface area (Å²) in [5.74, 6) is -0.130. The van der Waals surface area contributed by atoms with Crippen LogP contribution in [0.2, 0.25) is 0 Å². The van der Waals surface area contributed by atoms with Gasteiger partial charge in [0.1, 0.15) is 0 Å². The molecule has 168 valence electrons. The second-order valence-corrected chi connectivity index (χ2v) is 9.12. The summed E-state index contributed by atoms with van der Waals surface area (Å²) in [6, 6.07) is 23.9. The topological polar surface area (TPSA) is 40.6 Å². The Labute approximate surface area is 195 Å². The molecule has 1 heterocycles. The zero-order valence-corrected chi connectivity index (χ0v) is 19.4. The lowest BCUT2D eigenvalue weighted by atomic mass is 9.82. The SMILES string of the molecule is CCc1cccc2c1C(=O)C(c1ccccc1)(N1CCN(Cc3ccccc3C)CC1)C2=O. The van der Waals surface area contributed by atoms with Gasteiger partial charge in [-0.05, 0) is 35.6 Å². The molecule has 5 rings (SSSR count). The number of hydrogen-bond acceptors (Lipinski definition) is 4. The molecule has 1 saturated heterocycles. The highest BCUT2D eigenvalue weighted by Crippen LogP contribution is 2.44. The van der Waals surface area contributed by atoms with Crippen LogP contribution in [0, 0.1) is 6.92 Å². The smallest absolute Gasteiger partial charge is 0.196 e. The van der Waals surface area contributed by atoms with Crippen LogP contribution in [0.25, 0.3) is 0 Å². The molecule has 1 atom stereocenters. The summed E-state index contributed by atoms with van der Waals surface area (Å²) in [6.07, 6.45) is 0.733. The van der Waals surface area contributed by atoms with E-state index in [0.29, 0.717) is 24.2 Å². The second-order valence-electron chi connectivity index (χ2n) is 9.12. The average Bonchev–Trinajstić information content (AvgIpc) is 3.09. The van der Waals surface area contributed by atoms with Gasteiger partial charge >= 0.3 is 0 Å². The van der Waals surface area contributed by atoms with Crippen LogP contribution in [0.5, 0.6) is 0 Å². The van der Waals surface area contributed by atoms with Gasteiger partial charge in [0.05, 0.1) is 0 Å². The van der Waals surface area contributed by atoms with Gasteiger partial charge in [-0.15, -0.1) is 0 Å². The molecule has 1 aliphatic carbocycles. The van der Waals surface area contributed by atoms with Crippen molar-refractivity contribution < 1.29 is 9.59 Å². The number of carbonyl (C=O) groups excluding carboxylic acids is 2. The number of nitrogens with zero attached hydrogens (tertiary/aromatic N) is 2.